The van der Waals surface area contributed by atoms with E-state index >= 15 is 0 Å². The molecule has 0 radical (unpaired) electrons. The minimum absolute atomic E-state index is 0.974. The van der Waals surface area contributed by atoms with E-state index in [1.807, 2.05) is 6.08 Å². The molecule has 0 aliphatic carbocycles. The molecule has 0 aliphatic rings. The Kier molecular flexibility index (Phi) is 12.5. The largest absolute Gasteiger partial charge is 0.103 e. The average molecular weight is 206 g/mol. The van der Waals surface area contributed by atoms with Crippen LogP contribution in [-0.2, 0) is 0 Å². The van der Waals surface area contributed by atoms with E-state index in [0.29, 0.717) is 0 Å². The average Bonchev–Trinajstić information content (AvgIpc) is 2.26. The second kappa shape index (κ2) is 13.2. The molecule has 0 amide bonds. The molecule has 0 aromatic carbocycles. The lowest BCUT2D eigenvalue weighted by Crippen LogP contribution is -1.77. The molecule has 86 valence electrons. The Morgan fingerprint density at radius 3 is 2.27 bits per heavy atom. The van der Waals surface area contributed by atoms with Gasteiger partial charge in [0.05, 0.1) is 0 Å². The van der Waals surface area contributed by atoms with Gasteiger partial charge >= 0.3 is 0 Å². The molecule has 0 heteroatoms. The van der Waals surface area contributed by atoms with E-state index in [-0.39, 0.29) is 0 Å². The fraction of sp³-hybridized carbons (Fsp3) is 0.600. The molecule has 0 aliphatic heterocycles. The van der Waals surface area contributed by atoms with Crippen LogP contribution >= 0.6 is 0 Å². The standard InChI is InChI=1S/C15H26/c1-3-5-7-9-11-13-15-14-12-10-8-6-4-2/h3,7,9,11,13H,1,4-6,8,10,12,14-15H2,2H3. The van der Waals surface area contributed by atoms with E-state index in [1.54, 1.807) is 0 Å². The summed E-state index contributed by atoms with van der Waals surface area (Å²) in [6, 6.07) is 0. The molecule has 0 aromatic rings. The zero-order valence-corrected chi connectivity index (χ0v) is 10.3. The molecule has 0 spiro atoms. The van der Waals surface area contributed by atoms with Gasteiger partial charge in [-0.1, -0.05) is 69.4 Å². The first kappa shape index (κ1) is 14.2. The van der Waals surface area contributed by atoms with Crippen molar-refractivity contribution in [2.24, 2.45) is 0 Å². The van der Waals surface area contributed by atoms with E-state index in [2.05, 4.69) is 37.8 Å². The molecule has 0 aromatic heterocycles. The minimum atomic E-state index is 0.974. The van der Waals surface area contributed by atoms with Crippen molar-refractivity contribution in [3.8, 4) is 0 Å². The van der Waals surface area contributed by atoms with Crippen LogP contribution in [0.25, 0.3) is 0 Å². The summed E-state index contributed by atoms with van der Waals surface area (Å²) in [4.78, 5) is 0. The van der Waals surface area contributed by atoms with Crippen LogP contribution in [0.4, 0.5) is 0 Å². The Labute approximate surface area is 95.8 Å². The highest BCUT2D eigenvalue weighted by Crippen LogP contribution is 2.07. The second-order valence-electron chi connectivity index (χ2n) is 3.94. The molecule has 0 N–H and O–H groups in total. The SMILES string of the molecule is C=CCC=CC=CCCCCCCCC. The molecule has 0 saturated heterocycles. The van der Waals surface area contributed by atoms with E-state index in [9.17, 15) is 0 Å². The van der Waals surface area contributed by atoms with Crippen LogP contribution in [0.2, 0.25) is 0 Å². The Morgan fingerprint density at radius 2 is 1.53 bits per heavy atom. The van der Waals surface area contributed by atoms with Gasteiger partial charge in [0.1, 0.15) is 0 Å². The monoisotopic (exact) mass is 206 g/mol. The van der Waals surface area contributed by atoms with Gasteiger partial charge in [0.2, 0.25) is 0 Å². The predicted octanol–water partition coefficient (Wildman–Crippen LogP) is 5.43. The predicted molar refractivity (Wildman–Crippen MR) is 71.1 cm³/mol. The van der Waals surface area contributed by atoms with E-state index in [1.165, 1.54) is 44.9 Å². The Morgan fingerprint density at radius 1 is 0.867 bits per heavy atom. The van der Waals surface area contributed by atoms with E-state index in [0.717, 1.165) is 6.42 Å². The highest BCUT2D eigenvalue weighted by molar-refractivity contribution is 5.03. The maximum Gasteiger partial charge on any atom is -0.0169 e. The molecule has 0 saturated carbocycles. The van der Waals surface area contributed by atoms with Crippen LogP contribution in [0.5, 0.6) is 0 Å². The molecule has 0 fully saturated rings. The molecular formula is C15H26. The molecule has 0 nitrogen and oxygen atoms in total. The fourth-order valence-electron chi connectivity index (χ4n) is 1.47. The zero-order valence-electron chi connectivity index (χ0n) is 10.3. The van der Waals surface area contributed by atoms with Crippen LogP contribution < -0.4 is 0 Å². The normalized spacial score (nSPS) is 11.5. The summed E-state index contributed by atoms with van der Waals surface area (Å²) in [6.07, 6.45) is 21.1. The third-order valence-corrected chi connectivity index (χ3v) is 2.41. The molecule has 0 unspecified atom stereocenters. The summed E-state index contributed by atoms with van der Waals surface area (Å²) in [7, 11) is 0. The van der Waals surface area contributed by atoms with Crippen LogP contribution in [-0.4, -0.2) is 0 Å². The van der Waals surface area contributed by atoms with Crippen LogP contribution in [0, 0.1) is 0 Å². The van der Waals surface area contributed by atoms with Crippen molar-refractivity contribution < 1.29 is 0 Å². The van der Waals surface area contributed by atoms with Crippen LogP contribution in [0.3, 0.4) is 0 Å². The van der Waals surface area contributed by atoms with Crippen molar-refractivity contribution in [2.75, 3.05) is 0 Å². The van der Waals surface area contributed by atoms with Gasteiger partial charge in [-0.15, -0.1) is 6.58 Å². The van der Waals surface area contributed by atoms with Crippen molar-refractivity contribution >= 4 is 0 Å². The maximum absolute atomic E-state index is 3.67. The molecule has 0 bridgehead atoms. The van der Waals surface area contributed by atoms with Gasteiger partial charge in [-0.3, -0.25) is 0 Å². The molecule has 15 heavy (non-hydrogen) atoms. The lowest BCUT2D eigenvalue weighted by molar-refractivity contribution is 0.611. The highest BCUT2D eigenvalue weighted by Gasteiger charge is 1.87. The first-order chi connectivity index (χ1) is 7.41. The Hall–Kier alpha value is -0.780. The lowest BCUT2D eigenvalue weighted by Gasteiger charge is -1.97. The van der Waals surface area contributed by atoms with E-state index in [4.69, 9.17) is 0 Å². The summed E-state index contributed by atoms with van der Waals surface area (Å²) in [5, 5.41) is 0. The van der Waals surface area contributed by atoms with Gasteiger partial charge in [-0.05, 0) is 19.3 Å². The first-order valence-electron chi connectivity index (χ1n) is 6.34. The Balaban J connectivity index is 3.12. The van der Waals surface area contributed by atoms with Gasteiger partial charge in [-0.25, -0.2) is 0 Å². The van der Waals surface area contributed by atoms with Gasteiger partial charge in [-0.2, -0.15) is 0 Å². The van der Waals surface area contributed by atoms with Crippen molar-refractivity contribution in [2.45, 2.75) is 58.3 Å². The molecule has 0 atom stereocenters. The van der Waals surface area contributed by atoms with Crippen molar-refractivity contribution in [3.63, 3.8) is 0 Å². The van der Waals surface area contributed by atoms with Crippen molar-refractivity contribution in [3.05, 3.63) is 37.0 Å². The quantitative estimate of drug-likeness (QED) is 0.254. The molecule has 0 rings (SSSR count). The smallest absolute Gasteiger partial charge is 0.0169 e. The van der Waals surface area contributed by atoms with Crippen molar-refractivity contribution in [1.82, 2.24) is 0 Å². The minimum Gasteiger partial charge on any atom is -0.103 e. The zero-order chi connectivity index (χ0) is 11.2. The first-order valence-corrected chi connectivity index (χ1v) is 6.34. The highest BCUT2D eigenvalue weighted by atomic mass is 13.9. The van der Waals surface area contributed by atoms with Crippen LogP contribution in [0.1, 0.15) is 58.3 Å². The Bertz CT molecular complexity index is 174. The van der Waals surface area contributed by atoms with Gasteiger partial charge in [0, 0.05) is 0 Å². The number of hydrogen-bond acceptors (Lipinski definition) is 0. The number of allylic oxidation sites excluding steroid dienone is 5. The number of rotatable bonds is 10. The van der Waals surface area contributed by atoms with Gasteiger partial charge in [0.15, 0.2) is 0 Å². The third-order valence-electron chi connectivity index (χ3n) is 2.41. The van der Waals surface area contributed by atoms with E-state index < -0.39 is 0 Å². The second-order valence-corrected chi connectivity index (χ2v) is 3.94. The van der Waals surface area contributed by atoms with Crippen LogP contribution in [0.15, 0.2) is 37.0 Å². The summed E-state index contributed by atoms with van der Waals surface area (Å²) in [5.41, 5.74) is 0. The van der Waals surface area contributed by atoms with Gasteiger partial charge < -0.3 is 0 Å². The number of hydrogen-bond donors (Lipinski definition) is 0. The van der Waals surface area contributed by atoms with Gasteiger partial charge in [0.25, 0.3) is 0 Å². The number of unbranched alkanes of at least 4 members (excludes halogenated alkanes) is 6. The lowest BCUT2D eigenvalue weighted by atomic mass is 10.1. The molecular weight excluding hydrogens is 180 g/mol. The van der Waals surface area contributed by atoms with Crippen molar-refractivity contribution in [1.29, 1.82) is 0 Å². The fourth-order valence-corrected chi connectivity index (χ4v) is 1.47. The summed E-state index contributed by atoms with van der Waals surface area (Å²) in [6.45, 7) is 5.93. The summed E-state index contributed by atoms with van der Waals surface area (Å²) in [5.74, 6) is 0. The topological polar surface area (TPSA) is 0 Å². The third kappa shape index (κ3) is 13.2. The summed E-state index contributed by atoms with van der Waals surface area (Å²) < 4.78 is 0. The maximum atomic E-state index is 3.67. The molecule has 0 heterocycles. The summed E-state index contributed by atoms with van der Waals surface area (Å²) >= 11 is 0.